The molecule has 2 aliphatic rings. The molecule has 6 rings (SSSR count). The van der Waals surface area contributed by atoms with Gasteiger partial charge in [-0.3, -0.25) is 14.3 Å². The van der Waals surface area contributed by atoms with Crippen LogP contribution in [0, 0.1) is 0 Å². The molecule has 0 bridgehead atoms. The Bertz CT molecular complexity index is 2470. The lowest BCUT2D eigenvalue weighted by Crippen LogP contribution is -2.41. The normalized spacial score (nSPS) is 17.6. The first-order valence-corrected chi connectivity index (χ1v) is 25.1. The summed E-state index contributed by atoms with van der Waals surface area (Å²) in [6.45, 7) is 7.02. The zero-order chi connectivity index (χ0) is 48.5. The monoisotopic (exact) mass is 981 g/mol. The summed E-state index contributed by atoms with van der Waals surface area (Å²) in [5.74, 6) is 1.25. The van der Waals surface area contributed by atoms with Crippen LogP contribution in [0.5, 0.6) is 5.75 Å². The van der Waals surface area contributed by atoms with E-state index in [2.05, 4.69) is 89.3 Å². The smallest absolute Gasteiger partial charge is 0.271 e. The van der Waals surface area contributed by atoms with Gasteiger partial charge < -0.3 is 24.6 Å². The summed E-state index contributed by atoms with van der Waals surface area (Å²) in [6.07, 6.45) is 35.6. The van der Waals surface area contributed by atoms with Crippen LogP contribution in [0.15, 0.2) is 120 Å². The van der Waals surface area contributed by atoms with Crippen molar-refractivity contribution in [2.24, 2.45) is 0 Å². The lowest BCUT2D eigenvalue weighted by atomic mass is 9.66. The highest BCUT2D eigenvalue weighted by atomic mass is 35.5. The topological polar surface area (TPSA) is 123 Å². The molecule has 2 fully saturated rings. The van der Waals surface area contributed by atoms with Gasteiger partial charge in [0.1, 0.15) is 29.5 Å². The number of hydrogen-bond donors (Lipinski definition) is 2. The number of aromatic nitrogens is 3. The number of allylic oxidation sites excluding steroid dienone is 12. The molecule has 362 valence electrons. The molecule has 68 heavy (non-hydrogen) atoms. The second-order valence-electron chi connectivity index (χ2n) is 17.8. The van der Waals surface area contributed by atoms with Gasteiger partial charge in [-0.05, 0) is 115 Å². The fraction of sp³-hybridized carbons (Fsp3) is 0.418. The van der Waals surface area contributed by atoms with Crippen molar-refractivity contribution in [3.63, 3.8) is 0 Å². The van der Waals surface area contributed by atoms with Gasteiger partial charge in [-0.1, -0.05) is 132 Å². The molecule has 4 aromatic rings. The van der Waals surface area contributed by atoms with E-state index in [-0.39, 0.29) is 36.3 Å². The third kappa shape index (κ3) is 14.7. The Hall–Kier alpha value is -5.13. The van der Waals surface area contributed by atoms with E-state index in [0.717, 1.165) is 68.4 Å². The molecule has 2 N–H and O–H groups in total. The van der Waals surface area contributed by atoms with Crippen LogP contribution in [-0.2, 0) is 17.0 Å². The van der Waals surface area contributed by atoms with Crippen molar-refractivity contribution < 1.29 is 24.0 Å². The minimum atomic E-state index is -1.17. The van der Waals surface area contributed by atoms with Crippen LogP contribution in [0.3, 0.4) is 0 Å². The van der Waals surface area contributed by atoms with Crippen LogP contribution >= 0.6 is 34.8 Å². The van der Waals surface area contributed by atoms with Gasteiger partial charge in [0.05, 0.1) is 26.2 Å². The van der Waals surface area contributed by atoms with Crippen molar-refractivity contribution in [1.82, 2.24) is 25.2 Å². The summed E-state index contributed by atoms with van der Waals surface area (Å²) in [5, 5.41) is 25.1. The van der Waals surface area contributed by atoms with Gasteiger partial charge in [-0.25, -0.2) is 0 Å². The number of carbonyl (C=O) groups excluding carboxylic acids is 2. The largest absolute Gasteiger partial charge is 0.489 e. The van der Waals surface area contributed by atoms with Crippen LogP contribution in [0.1, 0.15) is 149 Å². The first-order valence-electron chi connectivity index (χ1n) is 24.0. The Morgan fingerprint density at radius 3 is 2.04 bits per heavy atom. The third-order valence-electron chi connectivity index (χ3n) is 12.1. The lowest BCUT2D eigenvalue weighted by molar-refractivity contribution is -0.129. The Morgan fingerprint density at radius 2 is 1.47 bits per heavy atom. The van der Waals surface area contributed by atoms with E-state index in [1.54, 1.807) is 48.3 Å². The summed E-state index contributed by atoms with van der Waals surface area (Å²) in [7, 11) is 1.75. The second-order valence-corrected chi connectivity index (χ2v) is 19.1. The van der Waals surface area contributed by atoms with Crippen molar-refractivity contribution in [1.29, 1.82) is 0 Å². The molecule has 13 heteroatoms. The Kier molecular flexibility index (Phi) is 20.0. The first-order chi connectivity index (χ1) is 32.9. The minimum absolute atomic E-state index is 0.00880. The number of amides is 2. The average Bonchev–Trinajstić information content (AvgIpc) is 3.91. The molecule has 0 radical (unpaired) electrons. The number of likely N-dealkylation sites (N-methyl/N-ethyl adjacent to an activating group) is 1. The Morgan fingerprint density at radius 1 is 0.868 bits per heavy atom. The predicted molar refractivity (Wildman–Crippen MR) is 276 cm³/mol. The first kappa shape index (κ1) is 52.2. The van der Waals surface area contributed by atoms with Gasteiger partial charge in [0.25, 0.3) is 5.91 Å². The summed E-state index contributed by atoms with van der Waals surface area (Å²) < 4.78 is 13.9. The summed E-state index contributed by atoms with van der Waals surface area (Å²) in [4.78, 5) is 27.7. The Balaban J connectivity index is 0.907. The van der Waals surface area contributed by atoms with Crippen LogP contribution < -0.4 is 10.1 Å². The number of rotatable bonds is 26. The number of aliphatic hydroxyl groups is 1. The van der Waals surface area contributed by atoms with E-state index in [4.69, 9.17) is 44.1 Å². The van der Waals surface area contributed by atoms with Crippen molar-refractivity contribution in [3.05, 3.63) is 159 Å². The van der Waals surface area contributed by atoms with Crippen LogP contribution in [-0.4, -0.2) is 56.9 Å². The van der Waals surface area contributed by atoms with Crippen molar-refractivity contribution >= 4 is 46.6 Å². The van der Waals surface area contributed by atoms with Gasteiger partial charge in [0.15, 0.2) is 0 Å². The van der Waals surface area contributed by atoms with Gasteiger partial charge >= 0.3 is 0 Å². The van der Waals surface area contributed by atoms with Crippen LogP contribution in [0.2, 0.25) is 15.1 Å². The molecule has 0 unspecified atom stereocenters. The van der Waals surface area contributed by atoms with Crippen LogP contribution in [0.4, 0.5) is 0 Å². The molecule has 2 aliphatic carbocycles. The highest BCUT2D eigenvalue weighted by molar-refractivity contribution is 6.39. The standard InChI is InChI=1S/C55H66Cl3N5O5/c1-5-6-7-8-9-10-11-12-13-14-15-16-17-18-19-20-21-22-23-27-50(64)62(4)33-32-59-54(65)48-35-49(63(60-48)39(2)3)41-36-55(66,37-41)44-31-30-42(34-47(44)58)67-38-43-52(61-68-53(43)40-28-29-40)51-45(56)25-24-26-46(51)57/h6-7,9-10,12-13,15-16,18-19,21-22,24-26,30-31,34-35,39-41,66H,5,8,11,14,17,20,23,27-29,32-33,36-38H2,1-4H3,(H,59,65)/b7-6-,10-9-,13-12-,16-15-,19-18-,22-21-. The molecule has 2 aromatic heterocycles. The number of carbonyl (C=O) groups is 2. The predicted octanol–water partition coefficient (Wildman–Crippen LogP) is 14.0. The molecule has 2 amide bonds. The van der Waals surface area contributed by atoms with E-state index >= 15 is 0 Å². The average molecular weight is 984 g/mol. The minimum Gasteiger partial charge on any atom is -0.489 e. The van der Waals surface area contributed by atoms with Gasteiger partial charge in [0, 0.05) is 61.3 Å². The highest BCUT2D eigenvalue weighted by Gasteiger charge is 2.47. The molecular formula is C55H66Cl3N5O5. The zero-order valence-corrected chi connectivity index (χ0v) is 42.1. The van der Waals surface area contributed by atoms with Gasteiger partial charge in [0.2, 0.25) is 5.91 Å². The van der Waals surface area contributed by atoms with Gasteiger partial charge in [-0.15, -0.1) is 0 Å². The van der Waals surface area contributed by atoms with E-state index in [1.807, 2.05) is 30.7 Å². The van der Waals surface area contributed by atoms with Gasteiger partial charge in [-0.2, -0.15) is 5.10 Å². The summed E-state index contributed by atoms with van der Waals surface area (Å²) >= 11 is 19.9. The molecular weight excluding hydrogens is 917 g/mol. The maximum Gasteiger partial charge on any atom is 0.271 e. The molecule has 10 nitrogen and oxygen atoms in total. The lowest BCUT2D eigenvalue weighted by Gasteiger charge is -2.44. The van der Waals surface area contributed by atoms with E-state index in [1.165, 1.54) is 0 Å². The van der Waals surface area contributed by atoms with E-state index in [9.17, 15) is 14.7 Å². The molecule has 2 aromatic carbocycles. The molecule has 0 atom stereocenters. The maximum absolute atomic E-state index is 13.3. The van der Waals surface area contributed by atoms with Crippen molar-refractivity contribution in [2.45, 2.75) is 128 Å². The van der Waals surface area contributed by atoms with E-state index in [0.29, 0.717) is 82.1 Å². The van der Waals surface area contributed by atoms with E-state index < -0.39 is 5.60 Å². The number of nitrogens with zero attached hydrogens (tertiary/aromatic N) is 4. The number of halogens is 3. The summed E-state index contributed by atoms with van der Waals surface area (Å²) in [6, 6.07) is 12.4. The molecule has 0 aliphatic heterocycles. The maximum atomic E-state index is 13.3. The molecule has 2 heterocycles. The fourth-order valence-electron chi connectivity index (χ4n) is 8.18. The van der Waals surface area contributed by atoms with Crippen molar-refractivity contribution in [3.8, 4) is 17.0 Å². The quantitative estimate of drug-likeness (QED) is 0.0601. The SMILES string of the molecule is CC/C=C\C/C=C\C/C=C\C/C=C\C/C=C\C/C=C\CCC(=O)N(C)CCNC(=O)c1cc(C2CC(O)(c3ccc(OCc4c(-c5c(Cl)cccc5Cl)noc4C4CC4)cc3Cl)C2)n(C(C)C)n1. The molecule has 0 spiro atoms. The number of nitrogens with one attached hydrogen (secondary N) is 1. The molecule has 2 saturated carbocycles. The highest BCUT2D eigenvalue weighted by Crippen LogP contribution is 2.53. The fourth-order valence-corrected chi connectivity index (χ4v) is 9.10. The third-order valence-corrected chi connectivity index (χ3v) is 13.1. The Labute approximate surface area is 417 Å². The molecule has 0 saturated heterocycles. The summed E-state index contributed by atoms with van der Waals surface area (Å²) in [5.41, 5.74) is 2.58. The van der Waals surface area contributed by atoms with Crippen LogP contribution in [0.25, 0.3) is 11.3 Å². The second kappa shape index (κ2) is 26.0. The zero-order valence-electron chi connectivity index (χ0n) is 39.8. The number of benzene rings is 2. The number of ether oxygens (including phenoxy) is 1. The number of hydrogen-bond acceptors (Lipinski definition) is 7. The van der Waals surface area contributed by atoms with Crippen molar-refractivity contribution in [2.75, 3.05) is 20.1 Å².